The highest BCUT2D eigenvalue weighted by atomic mass is 79.9. The molecule has 0 saturated heterocycles. The number of anilines is 4. The van der Waals surface area contributed by atoms with E-state index in [0.29, 0.717) is 41.3 Å². The van der Waals surface area contributed by atoms with Crippen molar-refractivity contribution in [3.63, 3.8) is 0 Å². The third kappa shape index (κ3) is 10.2. The number of hydrogen-bond acceptors (Lipinski definition) is 14. The molecule has 17 nitrogen and oxygen atoms in total. The van der Waals surface area contributed by atoms with Gasteiger partial charge >= 0.3 is 0 Å². The van der Waals surface area contributed by atoms with Crippen LogP contribution >= 0.6 is 15.9 Å². The summed E-state index contributed by atoms with van der Waals surface area (Å²) in [4.78, 5) is 48.8. The highest BCUT2D eigenvalue weighted by Crippen LogP contribution is 2.30. The maximum atomic E-state index is 11.0. The van der Waals surface area contributed by atoms with Crippen molar-refractivity contribution in [3.05, 3.63) is 70.7 Å². The molecule has 4 aromatic heterocycles. The van der Waals surface area contributed by atoms with Crippen LogP contribution in [0.2, 0.25) is 0 Å². The van der Waals surface area contributed by atoms with E-state index in [0.717, 1.165) is 46.6 Å². The average molecular weight is 780 g/mol. The molecule has 0 aromatic carbocycles. The molecule has 0 aliphatic carbocycles. The van der Waals surface area contributed by atoms with E-state index >= 15 is 0 Å². The quantitative estimate of drug-likeness (QED) is 0.173. The van der Waals surface area contributed by atoms with Gasteiger partial charge in [-0.25, -0.2) is 19.9 Å². The Bertz CT molecular complexity index is 1900. The first-order valence-corrected chi connectivity index (χ1v) is 17.2. The van der Waals surface area contributed by atoms with Crippen molar-refractivity contribution in [2.75, 3.05) is 54.2 Å². The number of amides is 3. The number of ether oxygens (including phenoxy) is 4. The van der Waals surface area contributed by atoms with Crippen LogP contribution in [0, 0.1) is 0 Å². The van der Waals surface area contributed by atoms with Gasteiger partial charge in [-0.15, -0.1) is 0 Å². The molecule has 8 N–H and O–H groups in total. The molecular formula is C34H39BrN10O7. The van der Waals surface area contributed by atoms with Crippen molar-refractivity contribution in [2.24, 2.45) is 11.5 Å². The normalized spacial score (nSPS) is 15.6. The van der Waals surface area contributed by atoms with Gasteiger partial charge in [-0.2, -0.15) is 0 Å². The number of pyridine rings is 4. The van der Waals surface area contributed by atoms with Crippen molar-refractivity contribution in [2.45, 2.75) is 38.8 Å². The Morgan fingerprint density at radius 1 is 0.673 bits per heavy atom. The molecule has 3 amide bonds. The van der Waals surface area contributed by atoms with E-state index in [1.807, 2.05) is 25.3 Å². The van der Waals surface area contributed by atoms with Gasteiger partial charge < -0.3 is 51.7 Å². The number of halogens is 1. The van der Waals surface area contributed by atoms with Gasteiger partial charge in [-0.3, -0.25) is 14.4 Å². The van der Waals surface area contributed by atoms with Crippen LogP contribution in [0.15, 0.2) is 59.6 Å². The largest absolute Gasteiger partial charge is 0.488 e. The zero-order chi connectivity index (χ0) is 37.0. The van der Waals surface area contributed by atoms with Crippen molar-refractivity contribution >= 4 is 56.9 Å². The molecule has 18 heteroatoms. The molecule has 8 rings (SSSR count). The molecule has 4 aliphatic rings. The Kier molecular flexibility index (Phi) is 13.1. The van der Waals surface area contributed by atoms with Crippen molar-refractivity contribution in [3.8, 4) is 23.0 Å². The third-order valence-corrected chi connectivity index (χ3v) is 8.01. The predicted octanol–water partition coefficient (Wildman–Crippen LogP) is 3.71. The van der Waals surface area contributed by atoms with Gasteiger partial charge in [-0.05, 0) is 70.2 Å². The Morgan fingerprint density at radius 3 is 1.73 bits per heavy atom. The van der Waals surface area contributed by atoms with E-state index in [1.165, 1.54) is 0 Å². The summed E-state index contributed by atoms with van der Waals surface area (Å²) < 4.78 is 21.7. The highest BCUT2D eigenvalue weighted by Gasteiger charge is 2.19. The number of carbonyl (C=O) groups is 3. The maximum Gasteiger partial charge on any atom is 0.263 e. The van der Waals surface area contributed by atoms with Gasteiger partial charge in [0.25, 0.3) is 17.7 Å². The fourth-order valence-corrected chi connectivity index (χ4v) is 5.04. The minimum absolute atomic E-state index is 0.0379. The number of nitrogens with two attached hydrogens (primary N) is 2. The number of carbonyl (C=O) groups excluding carboxylic acids is 3. The Morgan fingerprint density at radius 2 is 1.15 bits per heavy atom. The van der Waals surface area contributed by atoms with Crippen molar-refractivity contribution in [1.82, 2.24) is 19.9 Å². The molecule has 0 saturated carbocycles. The van der Waals surface area contributed by atoms with Crippen LogP contribution in [0.25, 0.3) is 0 Å². The lowest BCUT2D eigenvalue weighted by Crippen LogP contribution is -2.26. The lowest BCUT2D eigenvalue weighted by atomic mass is 10.1. The van der Waals surface area contributed by atoms with Gasteiger partial charge in [0.1, 0.15) is 6.61 Å². The molecule has 0 radical (unpaired) electrons. The standard InChI is InChI=1S/C10H13N3O2.C10H15N3O.C7H5BrN2O2.C7H6N2O2/c1-2-7(11)6-3-8-10(12-4-6)13-9(14)5-15-8;1-2-8(11)7-5-9-10(13-6-7)12-3-4-14-9;8-4-1-5-7(9-2-4)10-6(11)3-12-5;10-6-4-11-5-2-1-3-8-7(5)9-6/h3-4,7H,2,5,11H2,1H3,(H,12,13,14);5-6,8H,2-4,11H2,1H3,(H,12,13);1-2H,3H2,(H,9,10,11);1-3H,4H2,(H,8,9,10). The van der Waals surface area contributed by atoms with Gasteiger partial charge in [0, 0.05) is 41.3 Å². The zero-order valence-electron chi connectivity index (χ0n) is 28.5. The number of rotatable bonds is 4. The summed E-state index contributed by atoms with van der Waals surface area (Å²) >= 11 is 3.25. The topological polar surface area (TPSA) is 240 Å². The van der Waals surface area contributed by atoms with Crippen LogP contribution in [-0.4, -0.2) is 70.6 Å². The van der Waals surface area contributed by atoms with Crippen molar-refractivity contribution in [1.29, 1.82) is 0 Å². The minimum atomic E-state index is -0.178. The minimum Gasteiger partial charge on any atom is -0.488 e. The number of nitrogens with one attached hydrogen (secondary N) is 4. The van der Waals surface area contributed by atoms with E-state index in [4.69, 9.17) is 30.4 Å². The van der Waals surface area contributed by atoms with Crippen LogP contribution < -0.4 is 51.7 Å². The van der Waals surface area contributed by atoms with Crippen LogP contribution in [0.5, 0.6) is 23.0 Å². The summed E-state index contributed by atoms with van der Waals surface area (Å²) in [6.45, 7) is 5.76. The fraction of sp³-hybridized carbons (Fsp3) is 0.324. The maximum absolute atomic E-state index is 11.0. The highest BCUT2D eigenvalue weighted by molar-refractivity contribution is 9.10. The first kappa shape index (κ1) is 37.7. The number of fused-ring (bicyclic) bond motifs is 4. The smallest absolute Gasteiger partial charge is 0.263 e. The third-order valence-electron chi connectivity index (χ3n) is 7.58. The summed E-state index contributed by atoms with van der Waals surface area (Å²) in [6, 6.07) is 9.11. The molecule has 0 spiro atoms. The number of aromatic nitrogens is 4. The summed E-state index contributed by atoms with van der Waals surface area (Å²) in [5, 5.41) is 11.0. The molecule has 2 atom stereocenters. The average Bonchev–Trinajstić information content (AvgIpc) is 3.17. The molecule has 0 bridgehead atoms. The molecular weight excluding hydrogens is 740 g/mol. The summed E-state index contributed by atoms with van der Waals surface area (Å²) in [6.07, 6.45) is 8.44. The van der Waals surface area contributed by atoms with Crippen molar-refractivity contribution < 1.29 is 33.3 Å². The zero-order valence-corrected chi connectivity index (χ0v) is 30.1. The summed E-state index contributed by atoms with van der Waals surface area (Å²) in [5.41, 5.74) is 13.7. The van der Waals surface area contributed by atoms with Gasteiger partial charge in [0.2, 0.25) is 0 Å². The summed E-state index contributed by atoms with van der Waals surface area (Å²) in [5.74, 6) is 4.42. The number of nitrogens with zero attached hydrogens (tertiary/aromatic N) is 4. The molecule has 2 unspecified atom stereocenters. The van der Waals surface area contributed by atoms with Gasteiger partial charge in [-0.1, -0.05) is 13.8 Å². The molecule has 52 heavy (non-hydrogen) atoms. The Labute approximate surface area is 307 Å². The lowest BCUT2D eigenvalue weighted by molar-refractivity contribution is -0.119. The van der Waals surface area contributed by atoms with E-state index in [1.54, 1.807) is 36.8 Å². The van der Waals surface area contributed by atoms with Gasteiger partial charge in [0.15, 0.2) is 66.1 Å². The summed E-state index contributed by atoms with van der Waals surface area (Å²) in [7, 11) is 0. The van der Waals surface area contributed by atoms with Crippen LogP contribution in [0.3, 0.4) is 0 Å². The Hall–Kier alpha value is -5.59. The Balaban J connectivity index is 0.000000135. The SMILES string of the molecule is CCC(N)c1cnc2c(c1)OCC(=O)N2.CCC(N)c1cnc2c(c1)OCCN2.O=C1COc2cc(Br)cnc2N1.O=C1COc2cccnc2N1. The second kappa shape index (κ2) is 18.1. The first-order valence-electron chi connectivity index (χ1n) is 16.4. The molecule has 4 aliphatic heterocycles. The fourth-order valence-electron chi connectivity index (χ4n) is 4.73. The second-order valence-electron chi connectivity index (χ2n) is 11.4. The van der Waals surface area contributed by atoms with E-state index in [9.17, 15) is 14.4 Å². The molecule has 0 fully saturated rings. The molecule has 4 aromatic rings. The van der Waals surface area contributed by atoms with Crippen LogP contribution in [0.1, 0.15) is 49.9 Å². The molecule has 274 valence electrons. The number of hydrogen-bond donors (Lipinski definition) is 6. The van der Waals surface area contributed by atoms with Crippen LogP contribution in [0.4, 0.5) is 23.3 Å². The second-order valence-corrected chi connectivity index (χ2v) is 12.3. The lowest BCUT2D eigenvalue weighted by Gasteiger charge is -2.19. The predicted molar refractivity (Wildman–Crippen MR) is 195 cm³/mol. The van der Waals surface area contributed by atoms with Gasteiger partial charge in [0.05, 0.1) is 6.54 Å². The molecule has 8 heterocycles. The van der Waals surface area contributed by atoms with E-state index in [-0.39, 0.29) is 49.6 Å². The van der Waals surface area contributed by atoms with E-state index < -0.39 is 0 Å². The monoisotopic (exact) mass is 778 g/mol. The van der Waals surface area contributed by atoms with Crippen LogP contribution in [-0.2, 0) is 14.4 Å². The van der Waals surface area contributed by atoms with E-state index in [2.05, 4.69) is 64.1 Å². The first-order chi connectivity index (χ1) is 25.1.